The van der Waals surface area contributed by atoms with Crippen molar-refractivity contribution in [3.05, 3.63) is 29.3 Å². The number of aryl methyl sites for hydroxylation is 1. The van der Waals surface area contributed by atoms with E-state index in [1.165, 1.54) is 19.1 Å². The molecule has 0 aromatic heterocycles. The Labute approximate surface area is 103 Å². The molecule has 100 valence electrons. The van der Waals surface area contributed by atoms with E-state index in [0.29, 0.717) is 5.69 Å². The number of anilines is 1. The van der Waals surface area contributed by atoms with Crippen molar-refractivity contribution in [3.63, 3.8) is 0 Å². The highest BCUT2D eigenvalue weighted by molar-refractivity contribution is 5.76. The van der Waals surface area contributed by atoms with Gasteiger partial charge in [0.15, 0.2) is 0 Å². The number of alkyl halides is 3. The summed E-state index contributed by atoms with van der Waals surface area (Å²) in [4.78, 5) is 10.8. The molecule has 18 heavy (non-hydrogen) atoms. The molecule has 0 saturated carbocycles. The van der Waals surface area contributed by atoms with Gasteiger partial charge in [-0.3, -0.25) is 4.79 Å². The number of halogens is 3. The number of primary amides is 1. The van der Waals surface area contributed by atoms with Crippen LogP contribution in [-0.2, 0) is 11.0 Å². The minimum absolute atomic E-state index is 0.163. The third kappa shape index (κ3) is 3.65. The van der Waals surface area contributed by atoms with Crippen LogP contribution in [-0.4, -0.2) is 12.5 Å². The molecule has 0 bridgehead atoms. The Balaban J connectivity index is 2.83. The van der Waals surface area contributed by atoms with Crippen molar-refractivity contribution in [3.8, 4) is 0 Å². The van der Waals surface area contributed by atoms with Gasteiger partial charge < -0.3 is 11.1 Å². The zero-order valence-electron chi connectivity index (χ0n) is 10.1. The first-order chi connectivity index (χ1) is 8.21. The average Bonchev–Trinajstić information content (AvgIpc) is 2.25. The van der Waals surface area contributed by atoms with Gasteiger partial charge >= 0.3 is 6.18 Å². The maximum atomic E-state index is 12.7. The summed E-state index contributed by atoms with van der Waals surface area (Å²) in [7, 11) is 0. The topological polar surface area (TPSA) is 55.1 Å². The Kier molecular flexibility index (Phi) is 4.21. The molecular weight excluding hydrogens is 245 g/mol. The van der Waals surface area contributed by atoms with Crippen LogP contribution >= 0.6 is 0 Å². The van der Waals surface area contributed by atoms with Gasteiger partial charge in [0.2, 0.25) is 5.91 Å². The summed E-state index contributed by atoms with van der Waals surface area (Å²) in [5.74, 6) is -0.939. The van der Waals surface area contributed by atoms with Crippen molar-refractivity contribution in [1.82, 2.24) is 0 Å². The number of nitrogens with two attached hydrogens (primary N) is 1. The number of rotatable bonds is 4. The van der Waals surface area contributed by atoms with E-state index in [1.807, 2.05) is 0 Å². The van der Waals surface area contributed by atoms with E-state index in [2.05, 4.69) is 5.32 Å². The summed E-state index contributed by atoms with van der Waals surface area (Å²) in [6, 6.07) is 3.96. The normalized spacial score (nSPS) is 13.2. The summed E-state index contributed by atoms with van der Waals surface area (Å²) in [6.07, 6.45) is -4.38. The van der Waals surface area contributed by atoms with Crippen molar-refractivity contribution in [1.29, 1.82) is 0 Å². The SMILES string of the molecule is Cc1ccc(NCC(C)C(N)=O)cc1C(F)(F)F. The van der Waals surface area contributed by atoms with Crippen molar-refractivity contribution in [2.75, 3.05) is 11.9 Å². The molecule has 1 aromatic rings. The van der Waals surface area contributed by atoms with E-state index in [-0.39, 0.29) is 12.1 Å². The van der Waals surface area contributed by atoms with Crippen molar-refractivity contribution < 1.29 is 18.0 Å². The molecule has 0 radical (unpaired) electrons. The Morgan fingerprint density at radius 3 is 2.56 bits per heavy atom. The lowest BCUT2D eigenvalue weighted by Gasteiger charge is -2.14. The van der Waals surface area contributed by atoms with Gasteiger partial charge in [-0.05, 0) is 24.6 Å². The number of carbonyl (C=O) groups excluding carboxylic acids is 1. The van der Waals surface area contributed by atoms with Crippen LogP contribution in [0.15, 0.2) is 18.2 Å². The van der Waals surface area contributed by atoms with Gasteiger partial charge in [-0.25, -0.2) is 0 Å². The quantitative estimate of drug-likeness (QED) is 0.874. The predicted octanol–water partition coefficient (Wildman–Crippen LogP) is 2.55. The second-order valence-electron chi connectivity index (χ2n) is 4.21. The Hall–Kier alpha value is -1.72. The first-order valence-corrected chi connectivity index (χ1v) is 5.43. The second kappa shape index (κ2) is 5.29. The molecule has 0 aliphatic heterocycles. The third-order valence-electron chi connectivity index (χ3n) is 2.64. The summed E-state index contributed by atoms with van der Waals surface area (Å²) < 4.78 is 38.0. The predicted molar refractivity (Wildman–Crippen MR) is 63.0 cm³/mol. The largest absolute Gasteiger partial charge is 0.416 e. The van der Waals surface area contributed by atoms with Crippen LogP contribution in [0.3, 0.4) is 0 Å². The number of amides is 1. The summed E-state index contributed by atoms with van der Waals surface area (Å²) in [6.45, 7) is 3.21. The zero-order valence-corrected chi connectivity index (χ0v) is 10.1. The highest BCUT2D eigenvalue weighted by atomic mass is 19.4. The first-order valence-electron chi connectivity index (χ1n) is 5.43. The molecule has 1 amide bonds. The standard InChI is InChI=1S/C12H15F3N2O/c1-7-3-4-9(5-10(7)12(13,14)15)17-6-8(2)11(16)18/h3-5,8,17H,6H2,1-2H3,(H2,16,18). The fraction of sp³-hybridized carbons (Fsp3) is 0.417. The Bertz CT molecular complexity index is 443. The molecule has 0 heterocycles. The van der Waals surface area contributed by atoms with Crippen molar-refractivity contribution >= 4 is 11.6 Å². The molecule has 0 spiro atoms. The highest BCUT2D eigenvalue weighted by Gasteiger charge is 2.32. The first kappa shape index (κ1) is 14.3. The summed E-state index contributed by atoms with van der Waals surface area (Å²) in [5.41, 5.74) is 4.87. The van der Waals surface area contributed by atoms with Crippen LogP contribution in [0.4, 0.5) is 18.9 Å². The van der Waals surface area contributed by atoms with E-state index in [1.54, 1.807) is 6.92 Å². The fourth-order valence-electron chi connectivity index (χ4n) is 1.41. The fourth-order valence-corrected chi connectivity index (χ4v) is 1.41. The minimum Gasteiger partial charge on any atom is -0.384 e. The number of hydrogen-bond donors (Lipinski definition) is 2. The van der Waals surface area contributed by atoms with Crippen molar-refractivity contribution in [2.24, 2.45) is 11.7 Å². The molecule has 6 heteroatoms. The van der Waals surface area contributed by atoms with Crippen LogP contribution < -0.4 is 11.1 Å². The van der Waals surface area contributed by atoms with Gasteiger partial charge in [0.1, 0.15) is 0 Å². The minimum atomic E-state index is -4.38. The molecule has 3 nitrogen and oxygen atoms in total. The molecule has 0 aliphatic rings. The maximum absolute atomic E-state index is 12.7. The molecule has 0 saturated heterocycles. The van der Waals surface area contributed by atoms with Gasteiger partial charge in [-0.15, -0.1) is 0 Å². The maximum Gasteiger partial charge on any atom is 0.416 e. The lowest BCUT2D eigenvalue weighted by molar-refractivity contribution is -0.138. The Morgan fingerprint density at radius 2 is 2.06 bits per heavy atom. The number of hydrogen-bond acceptors (Lipinski definition) is 2. The van der Waals surface area contributed by atoms with Gasteiger partial charge in [0.25, 0.3) is 0 Å². The molecule has 0 fully saturated rings. The van der Waals surface area contributed by atoms with E-state index in [0.717, 1.165) is 6.07 Å². The number of carbonyl (C=O) groups is 1. The van der Waals surface area contributed by atoms with E-state index in [9.17, 15) is 18.0 Å². The van der Waals surface area contributed by atoms with E-state index >= 15 is 0 Å². The van der Waals surface area contributed by atoms with Gasteiger partial charge in [-0.1, -0.05) is 13.0 Å². The lowest BCUT2D eigenvalue weighted by Crippen LogP contribution is -2.26. The molecule has 1 rings (SSSR count). The molecule has 0 aliphatic carbocycles. The van der Waals surface area contributed by atoms with E-state index in [4.69, 9.17) is 5.73 Å². The van der Waals surface area contributed by atoms with Crippen LogP contribution in [0.2, 0.25) is 0 Å². The molecule has 1 aromatic carbocycles. The summed E-state index contributed by atoms with van der Waals surface area (Å²) in [5, 5.41) is 2.76. The smallest absolute Gasteiger partial charge is 0.384 e. The molecular formula is C12H15F3N2O. The van der Waals surface area contributed by atoms with Crippen molar-refractivity contribution in [2.45, 2.75) is 20.0 Å². The highest BCUT2D eigenvalue weighted by Crippen LogP contribution is 2.33. The second-order valence-corrected chi connectivity index (χ2v) is 4.21. The van der Waals surface area contributed by atoms with Crippen LogP contribution in [0.5, 0.6) is 0 Å². The van der Waals surface area contributed by atoms with Crippen LogP contribution in [0, 0.1) is 12.8 Å². The zero-order chi connectivity index (χ0) is 13.9. The monoisotopic (exact) mass is 260 g/mol. The van der Waals surface area contributed by atoms with Gasteiger partial charge in [0.05, 0.1) is 11.5 Å². The number of nitrogens with one attached hydrogen (secondary N) is 1. The summed E-state index contributed by atoms with van der Waals surface area (Å²) >= 11 is 0. The van der Waals surface area contributed by atoms with Gasteiger partial charge in [-0.2, -0.15) is 13.2 Å². The Morgan fingerprint density at radius 1 is 1.44 bits per heavy atom. The van der Waals surface area contributed by atoms with Gasteiger partial charge in [0, 0.05) is 12.2 Å². The average molecular weight is 260 g/mol. The molecule has 3 N–H and O–H groups in total. The third-order valence-corrected chi connectivity index (χ3v) is 2.64. The number of benzene rings is 1. The molecule has 1 atom stereocenters. The lowest BCUT2D eigenvalue weighted by atomic mass is 10.1. The van der Waals surface area contributed by atoms with Crippen LogP contribution in [0.1, 0.15) is 18.1 Å². The molecule has 1 unspecified atom stereocenters. The van der Waals surface area contributed by atoms with Crippen LogP contribution in [0.25, 0.3) is 0 Å². The van der Waals surface area contributed by atoms with E-state index < -0.39 is 23.6 Å².